The SMILES string of the molecule is Cc1cc(O)ccc1C1OCC2(CO1)COC(c1ccc(O)cc1C)OC2. The van der Waals surface area contributed by atoms with Gasteiger partial charge in [0.1, 0.15) is 11.5 Å². The molecule has 144 valence electrons. The molecule has 6 nitrogen and oxygen atoms in total. The Balaban J connectivity index is 1.38. The fraction of sp³-hybridized carbons (Fsp3) is 0.429. The number of phenols is 2. The molecule has 2 heterocycles. The van der Waals surface area contributed by atoms with E-state index in [1.165, 1.54) is 0 Å². The van der Waals surface area contributed by atoms with Gasteiger partial charge in [-0.2, -0.15) is 0 Å². The topological polar surface area (TPSA) is 77.4 Å². The second-order valence-electron chi connectivity index (χ2n) is 7.49. The first-order valence-electron chi connectivity index (χ1n) is 9.01. The Morgan fingerprint density at radius 3 is 1.41 bits per heavy atom. The summed E-state index contributed by atoms with van der Waals surface area (Å²) < 4.78 is 23.8. The molecule has 2 aromatic rings. The van der Waals surface area contributed by atoms with Crippen LogP contribution in [-0.4, -0.2) is 36.6 Å². The van der Waals surface area contributed by atoms with Gasteiger partial charge in [0.15, 0.2) is 12.6 Å². The van der Waals surface area contributed by atoms with Gasteiger partial charge in [-0.25, -0.2) is 0 Å². The Labute approximate surface area is 158 Å². The van der Waals surface area contributed by atoms with Gasteiger partial charge < -0.3 is 29.2 Å². The molecule has 6 heteroatoms. The van der Waals surface area contributed by atoms with Crippen LogP contribution in [0.4, 0.5) is 0 Å². The Hall–Kier alpha value is -2.12. The monoisotopic (exact) mass is 372 g/mol. The summed E-state index contributed by atoms with van der Waals surface area (Å²) >= 11 is 0. The first-order valence-corrected chi connectivity index (χ1v) is 9.01. The van der Waals surface area contributed by atoms with E-state index < -0.39 is 12.6 Å². The summed E-state index contributed by atoms with van der Waals surface area (Å²) in [6, 6.07) is 10.3. The number of phenolic OH excluding ortho intramolecular Hbond substituents is 2. The van der Waals surface area contributed by atoms with Gasteiger partial charge in [0.2, 0.25) is 0 Å². The lowest BCUT2D eigenvalue weighted by Crippen LogP contribution is -2.49. The fourth-order valence-electron chi connectivity index (χ4n) is 3.56. The lowest BCUT2D eigenvalue weighted by Gasteiger charge is -2.44. The Bertz CT molecular complexity index is 744. The Morgan fingerprint density at radius 1 is 0.704 bits per heavy atom. The van der Waals surface area contributed by atoms with E-state index in [4.69, 9.17) is 18.9 Å². The minimum absolute atomic E-state index is 0.230. The molecule has 2 fully saturated rings. The summed E-state index contributed by atoms with van der Waals surface area (Å²) in [6.45, 7) is 5.73. The lowest BCUT2D eigenvalue weighted by molar-refractivity contribution is -0.307. The normalized spacial score (nSPS) is 28.4. The quantitative estimate of drug-likeness (QED) is 0.840. The standard InChI is InChI=1S/C21H24O6/c1-13-7-15(22)3-5-17(13)19-24-9-21(10-25-19)11-26-20(27-12-21)18-6-4-16(23)8-14(18)2/h3-8,19-20,22-23H,9-12H2,1-2H3. The number of benzene rings is 2. The van der Waals surface area contributed by atoms with Crippen molar-refractivity contribution in [3.8, 4) is 11.5 Å². The first-order chi connectivity index (χ1) is 13.0. The molecule has 27 heavy (non-hydrogen) atoms. The number of hydrogen-bond donors (Lipinski definition) is 2. The number of hydrogen-bond acceptors (Lipinski definition) is 6. The number of aryl methyl sites for hydroxylation is 2. The molecule has 0 saturated carbocycles. The van der Waals surface area contributed by atoms with Crippen LogP contribution in [0.25, 0.3) is 0 Å². The Kier molecular flexibility index (Phi) is 4.82. The summed E-state index contributed by atoms with van der Waals surface area (Å²) in [4.78, 5) is 0. The summed E-state index contributed by atoms with van der Waals surface area (Å²) in [5, 5.41) is 19.1. The molecule has 0 amide bonds. The second kappa shape index (κ2) is 7.13. The van der Waals surface area contributed by atoms with Crippen molar-refractivity contribution in [3.05, 3.63) is 58.7 Å². The molecule has 0 bridgehead atoms. The zero-order valence-corrected chi connectivity index (χ0v) is 15.5. The average Bonchev–Trinajstić information content (AvgIpc) is 2.64. The van der Waals surface area contributed by atoms with Gasteiger partial charge in [-0.05, 0) is 49.2 Å². The molecule has 0 unspecified atom stereocenters. The van der Waals surface area contributed by atoms with Crippen LogP contribution >= 0.6 is 0 Å². The van der Waals surface area contributed by atoms with Crippen molar-refractivity contribution >= 4 is 0 Å². The van der Waals surface area contributed by atoms with Gasteiger partial charge in [-0.1, -0.05) is 12.1 Å². The summed E-state index contributed by atoms with van der Waals surface area (Å²) in [5.41, 5.74) is 3.35. The van der Waals surface area contributed by atoms with Crippen molar-refractivity contribution in [2.45, 2.75) is 26.4 Å². The van der Waals surface area contributed by atoms with Gasteiger partial charge in [-0.3, -0.25) is 0 Å². The number of aromatic hydroxyl groups is 2. The van der Waals surface area contributed by atoms with Crippen molar-refractivity contribution in [2.75, 3.05) is 26.4 Å². The molecule has 2 aliphatic rings. The van der Waals surface area contributed by atoms with E-state index in [1.54, 1.807) is 24.3 Å². The number of ether oxygens (including phenoxy) is 4. The van der Waals surface area contributed by atoms with E-state index in [9.17, 15) is 10.2 Å². The highest BCUT2D eigenvalue weighted by Crippen LogP contribution is 2.39. The van der Waals surface area contributed by atoms with Crippen LogP contribution in [-0.2, 0) is 18.9 Å². The first kappa shape index (κ1) is 18.3. The minimum Gasteiger partial charge on any atom is -0.508 e. The van der Waals surface area contributed by atoms with Gasteiger partial charge in [-0.15, -0.1) is 0 Å². The van der Waals surface area contributed by atoms with Crippen LogP contribution in [0.1, 0.15) is 34.8 Å². The van der Waals surface area contributed by atoms with Crippen molar-refractivity contribution in [1.29, 1.82) is 0 Å². The lowest BCUT2D eigenvalue weighted by atomic mass is 9.90. The zero-order valence-electron chi connectivity index (χ0n) is 15.5. The molecular weight excluding hydrogens is 348 g/mol. The molecule has 0 aromatic heterocycles. The summed E-state index contributed by atoms with van der Waals surface area (Å²) in [6.07, 6.45) is -0.901. The highest BCUT2D eigenvalue weighted by atomic mass is 16.7. The molecule has 2 aliphatic heterocycles. The average molecular weight is 372 g/mol. The molecule has 0 radical (unpaired) electrons. The van der Waals surface area contributed by atoms with Gasteiger partial charge in [0, 0.05) is 11.1 Å². The third-order valence-corrected chi connectivity index (χ3v) is 5.18. The summed E-state index contributed by atoms with van der Waals surface area (Å²) in [5.74, 6) is 0.460. The molecule has 2 aromatic carbocycles. The van der Waals surface area contributed by atoms with Crippen LogP contribution < -0.4 is 0 Å². The van der Waals surface area contributed by atoms with Gasteiger partial charge >= 0.3 is 0 Å². The predicted octanol–water partition coefficient (Wildman–Crippen LogP) is 3.49. The van der Waals surface area contributed by atoms with E-state index in [0.29, 0.717) is 26.4 Å². The van der Waals surface area contributed by atoms with Crippen molar-refractivity contribution in [3.63, 3.8) is 0 Å². The van der Waals surface area contributed by atoms with Crippen LogP contribution in [0.2, 0.25) is 0 Å². The third-order valence-electron chi connectivity index (χ3n) is 5.18. The maximum Gasteiger partial charge on any atom is 0.184 e. The number of rotatable bonds is 2. The highest BCUT2D eigenvalue weighted by molar-refractivity contribution is 5.35. The van der Waals surface area contributed by atoms with Crippen molar-refractivity contribution in [1.82, 2.24) is 0 Å². The van der Waals surface area contributed by atoms with Crippen LogP contribution in [0, 0.1) is 19.3 Å². The van der Waals surface area contributed by atoms with E-state index in [-0.39, 0.29) is 16.9 Å². The molecule has 0 aliphatic carbocycles. The van der Waals surface area contributed by atoms with E-state index in [2.05, 4.69) is 0 Å². The van der Waals surface area contributed by atoms with E-state index in [0.717, 1.165) is 22.3 Å². The van der Waals surface area contributed by atoms with E-state index in [1.807, 2.05) is 26.0 Å². The second-order valence-corrected chi connectivity index (χ2v) is 7.49. The third kappa shape index (κ3) is 3.66. The fourth-order valence-corrected chi connectivity index (χ4v) is 3.56. The van der Waals surface area contributed by atoms with E-state index >= 15 is 0 Å². The molecule has 2 N–H and O–H groups in total. The molecule has 4 rings (SSSR count). The summed E-state index contributed by atoms with van der Waals surface area (Å²) in [7, 11) is 0. The van der Waals surface area contributed by atoms with Crippen LogP contribution in [0.15, 0.2) is 36.4 Å². The maximum absolute atomic E-state index is 9.56. The van der Waals surface area contributed by atoms with Crippen molar-refractivity contribution < 1.29 is 29.2 Å². The minimum atomic E-state index is -0.451. The van der Waals surface area contributed by atoms with Gasteiger partial charge in [0.05, 0.1) is 31.8 Å². The highest BCUT2D eigenvalue weighted by Gasteiger charge is 2.43. The van der Waals surface area contributed by atoms with Crippen LogP contribution in [0.3, 0.4) is 0 Å². The van der Waals surface area contributed by atoms with Crippen LogP contribution in [0.5, 0.6) is 11.5 Å². The largest absolute Gasteiger partial charge is 0.508 e. The molecule has 2 saturated heterocycles. The van der Waals surface area contributed by atoms with Gasteiger partial charge in [0.25, 0.3) is 0 Å². The zero-order chi connectivity index (χ0) is 19.0. The molecule has 0 atom stereocenters. The smallest absolute Gasteiger partial charge is 0.184 e. The Morgan fingerprint density at radius 2 is 1.07 bits per heavy atom. The van der Waals surface area contributed by atoms with Crippen molar-refractivity contribution in [2.24, 2.45) is 5.41 Å². The predicted molar refractivity (Wildman–Crippen MR) is 97.4 cm³/mol. The maximum atomic E-state index is 9.56. The molecule has 1 spiro atoms. The molecular formula is C21H24O6.